The fourth-order valence-corrected chi connectivity index (χ4v) is 3.09. The summed E-state index contributed by atoms with van der Waals surface area (Å²) in [5.74, 6) is -0.207. The van der Waals surface area contributed by atoms with Crippen molar-refractivity contribution in [3.63, 3.8) is 0 Å². The van der Waals surface area contributed by atoms with E-state index in [1.807, 2.05) is 32.0 Å². The molecule has 0 unspecified atom stereocenters. The maximum Gasteiger partial charge on any atom is 0.337 e. The van der Waals surface area contributed by atoms with Gasteiger partial charge in [0.05, 0.1) is 23.4 Å². The number of nitrogens with zero attached hydrogens (tertiary/aromatic N) is 3. The van der Waals surface area contributed by atoms with Crippen LogP contribution in [0.4, 0.5) is 0 Å². The maximum absolute atomic E-state index is 12.6. The van der Waals surface area contributed by atoms with Crippen LogP contribution in [0.15, 0.2) is 42.5 Å². The van der Waals surface area contributed by atoms with Crippen molar-refractivity contribution in [2.24, 2.45) is 0 Å². The highest BCUT2D eigenvalue weighted by Gasteiger charge is 2.15. The van der Waals surface area contributed by atoms with Crippen LogP contribution in [0.5, 0.6) is 0 Å². The van der Waals surface area contributed by atoms with Crippen LogP contribution in [0.3, 0.4) is 0 Å². The highest BCUT2D eigenvalue weighted by molar-refractivity contribution is 6.33. The molecule has 8 heteroatoms. The van der Waals surface area contributed by atoms with Gasteiger partial charge in [0.25, 0.3) is 5.91 Å². The summed E-state index contributed by atoms with van der Waals surface area (Å²) in [6.45, 7) is 4.21. The Morgan fingerprint density at radius 1 is 1.14 bits per heavy atom. The van der Waals surface area contributed by atoms with Gasteiger partial charge >= 0.3 is 5.97 Å². The summed E-state index contributed by atoms with van der Waals surface area (Å²) in [4.78, 5) is 28.4. The molecular weight excluding hydrogens is 392 g/mol. The van der Waals surface area contributed by atoms with Crippen LogP contribution in [0.2, 0.25) is 5.02 Å². The van der Waals surface area contributed by atoms with Gasteiger partial charge in [-0.25, -0.2) is 14.5 Å². The number of amides is 1. The molecule has 1 N–H and O–H groups in total. The number of pyridine rings is 1. The summed E-state index contributed by atoms with van der Waals surface area (Å²) < 4.78 is 6.35. The molecule has 0 aliphatic carbocycles. The van der Waals surface area contributed by atoms with E-state index in [2.05, 4.69) is 20.1 Å². The molecule has 0 saturated heterocycles. The van der Waals surface area contributed by atoms with E-state index in [0.29, 0.717) is 24.3 Å². The van der Waals surface area contributed by atoms with Gasteiger partial charge in [-0.3, -0.25) is 4.79 Å². The lowest BCUT2D eigenvalue weighted by molar-refractivity contribution is 0.0600. The first-order valence-corrected chi connectivity index (χ1v) is 9.42. The zero-order chi connectivity index (χ0) is 21.0. The number of ether oxygens (including phenoxy) is 1. The van der Waals surface area contributed by atoms with E-state index in [-0.39, 0.29) is 22.6 Å². The van der Waals surface area contributed by atoms with Gasteiger partial charge < -0.3 is 10.1 Å². The molecule has 0 fully saturated rings. The first kappa shape index (κ1) is 20.5. The lowest BCUT2D eigenvalue weighted by Crippen LogP contribution is -2.27. The van der Waals surface area contributed by atoms with Crippen LogP contribution in [0, 0.1) is 13.8 Å². The average molecular weight is 413 g/mol. The molecule has 0 atom stereocenters. The third kappa shape index (κ3) is 4.81. The Bertz CT molecular complexity index is 1040. The SMILES string of the molecule is COC(=O)c1ccc(CCNC(=O)c2nc(-n3nc(C)cc3C)ccc2Cl)cc1. The minimum absolute atomic E-state index is 0.151. The molecule has 0 saturated carbocycles. The van der Waals surface area contributed by atoms with Gasteiger partial charge in [0.2, 0.25) is 0 Å². The second kappa shape index (κ2) is 8.87. The van der Waals surface area contributed by atoms with Crippen molar-refractivity contribution < 1.29 is 14.3 Å². The molecule has 3 aromatic rings. The zero-order valence-electron chi connectivity index (χ0n) is 16.4. The standard InChI is InChI=1S/C21H21ClN4O3/c1-13-12-14(2)26(25-13)18-9-8-17(22)19(24-18)20(27)23-11-10-15-4-6-16(7-5-15)21(28)29-3/h4-9,12H,10-11H2,1-3H3,(H,23,27). The molecule has 0 spiro atoms. The predicted octanol–water partition coefficient (Wildman–Crippen LogP) is 3.30. The molecule has 1 aromatic carbocycles. The van der Waals surface area contributed by atoms with Crippen LogP contribution < -0.4 is 5.32 Å². The summed E-state index contributed by atoms with van der Waals surface area (Å²) in [6.07, 6.45) is 0.599. The van der Waals surface area contributed by atoms with Crippen LogP contribution in [0.25, 0.3) is 5.82 Å². The molecule has 0 bridgehead atoms. The summed E-state index contributed by atoms with van der Waals surface area (Å²) >= 11 is 6.18. The Morgan fingerprint density at radius 2 is 1.86 bits per heavy atom. The highest BCUT2D eigenvalue weighted by Crippen LogP contribution is 2.18. The predicted molar refractivity (Wildman–Crippen MR) is 110 cm³/mol. The van der Waals surface area contributed by atoms with Crippen LogP contribution in [-0.2, 0) is 11.2 Å². The van der Waals surface area contributed by atoms with Gasteiger partial charge in [0.1, 0.15) is 5.69 Å². The van der Waals surface area contributed by atoms with Crippen molar-refractivity contribution in [2.75, 3.05) is 13.7 Å². The summed E-state index contributed by atoms with van der Waals surface area (Å²) in [5, 5.41) is 7.49. The van der Waals surface area contributed by atoms with Crippen LogP contribution in [-0.4, -0.2) is 40.3 Å². The van der Waals surface area contributed by atoms with E-state index < -0.39 is 0 Å². The smallest absolute Gasteiger partial charge is 0.337 e. The van der Waals surface area contributed by atoms with Crippen molar-refractivity contribution in [2.45, 2.75) is 20.3 Å². The number of methoxy groups -OCH3 is 1. The quantitative estimate of drug-likeness (QED) is 0.628. The van der Waals surface area contributed by atoms with E-state index in [0.717, 1.165) is 17.0 Å². The van der Waals surface area contributed by atoms with Gasteiger partial charge in [-0.2, -0.15) is 5.10 Å². The van der Waals surface area contributed by atoms with E-state index >= 15 is 0 Å². The lowest BCUT2D eigenvalue weighted by Gasteiger charge is -2.09. The van der Waals surface area contributed by atoms with Crippen molar-refractivity contribution >= 4 is 23.5 Å². The fourth-order valence-electron chi connectivity index (χ4n) is 2.90. The molecule has 2 heterocycles. The minimum Gasteiger partial charge on any atom is -0.465 e. The Morgan fingerprint density at radius 3 is 2.48 bits per heavy atom. The van der Waals surface area contributed by atoms with Gasteiger partial charge in [-0.05, 0) is 56.2 Å². The summed E-state index contributed by atoms with van der Waals surface area (Å²) in [5.41, 5.74) is 3.39. The molecule has 0 radical (unpaired) electrons. The number of rotatable bonds is 6. The minimum atomic E-state index is -0.381. The topological polar surface area (TPSA) is 86.1 Å². The van der Waals surface area contributed by atoms with Gasteiger partial charge in [-0.15, -0.1) is 0 Å². The number of nitrogens with one attached hydrogen (secondary N) is 1. The third-order valence-electron chi connectivity index (χ3n) is 4.35. The number of esters is 1. The largest absolute Gasteiger partial charge is 0.465 e. The molecule has 7 nitrogen and oxygen atoms in total. The highest BCUT2D eigenvalue weighted by atomic mass is 35.5. The normalized spacial score (nSPS) is 10.6. The van der Waals surface area contributed by atoms with E-state index in [1.165, 1.54) is 7.11 Å². The van der Waals surface area contributed by atoms with Crippen LogP contribution >= 0.6 is 11.6 Å². The molecule has 0 aliphatic rings. The number of benzene rings is 1. The summed E-state index contributed by atoms with van der Waals surface area (Å²) in [6, 6.07) is 12.3. The van der Waals surface area contributed by atoms with Crippen molar-refractivity contribution in [1.82, 2.24) is 20.1 Å². The molecule has 0 aliphatic heterocycles. The lowest BCUT2D eigenvalue weighted by atomic mass is 10.1. The zero-order valence-corrected chi connectivity index (χ0v) is 17.2. The van der Waals surface area contributed by atoms with Crippen molar-refractivity contribution in [3.05, 3.63) is 75.7 Å². The molecule has 29 heavy (non-hydrogen) atoms. The van der Waals surface area contributed by atoms with Crippen molar-refractivity contribution in [3.8, 4) is 5.82 Å². The van der Waals surface area contributed by atoms with E-state index in [9.17, 15) is 9.59 Å². The molecule has 1 amide bonds. The monoisotopic (exact) mass is 412 g/mol. The van der Waals surface area contributed by atoms with Gasteiger partial charge in [-0.1, -0.05) is 23.7 Å². The number of aryl methyl sites for hydroxylation is 2. The maximum atomic E-state index is 12.6. The average Bonchev–Trinajstić information content (AvgIpc) is 3.06. The number of halogens is 1. The van der Waals surface area contributed by atoms with Crippen LogP contribution in [0.1, 0.15) is 37.8 Å². The molecule has 150 valence electrons. The Hall–Kier alpha value is -3.19. The molecule has 3 rings (SSSR count). The Balaban J connectivity index is 1.65. The Labute approximate surface area is 173 Å². The second-order valence-corrected chi connectivity index (χ2v) is 6.94. The third-order valence-corrected chi connectivity index (χ3v) is 4.65. The number of hydrogen-bond acceptors (Lipinski definition) is 5. The van der Waals surface area contributed by atoms with Gasteiger partial charge in [0, 0.05) is 12.2 Å². The number of carbonyl (C=O) groups is 2. The first-order valence-electron chi connectivity index (χ1n) is 9.04. The van der Waals surface area contributed by atoms with Crippen molar-refractivity contribution in [1.29, 1.82) is 0 Å². The first-order chi connectivity index (χ1) is 13.9. The number of hydrogen-bond donors (Lipinski definition) is 1. The van der Waals surface area contributed by atoms with E-state index in [4.69, 9.17) is 11.6 Å². The molecular formula is C21H21ClN4O3. The van der Waals surface area contributed by atoms with Gasteiger partial charge in [0.15, 0.2) is 5.82 Å². The van der Waals surface area contributed by atoms with E-state index in [1.54, 1.807) is 28.9 Å². The number of aromatic nitrogens is 3. The molecule has 2 aromatic heterocycles. The summed E-state index contributed by atoms with van der Waals surface area (Å²) in [7, 11) is 1.34. The number of carbonyl (C=O) groups excluding carboxylic acids is 2. The Kier molecular flexibility index (Phi) is 6.29. The second-order valence-electron chi connectivity index (χ2n) is 6.53. The fraction of sp³-hybridized carbons (Fsp3) is 0.238.